The maximum Gasteiger partial charge on any atom is 0.329 e. The molecule has 1 atom stereocenters. The summed E-state index contributed by atoms with van der Waals surface area (Å²) >= 11 is 3.38. The minimum atomic E-state index is -0.559. The van der Waals surface area contributed by atoms with E-state index in [4.69, 9.17) is 4.74 Å². The van der Waals surface area contributed by atoms with Gasteiger partial charge in [-0.1, -0.05) is 12.1 Å². The maximum absolute atomic E-state index is 13.7. The number of para-hydroxylation sites is 1. The van der Waals surface area contributed by atoms with Crippen LogP contribution in [0.15, 0.2) is 28.7 Å². The van der Waals surface area contributed by atoms with Crippen LogP contribution in [0, 0.1) is 23.2 Å². The van der Waals surface area contributed by atoms with E-state index in [9.17, 15) is 14.4 Å². The molecule has 0 radical (unpaired) electrons. The highest BCUT2D eigenvalue weighted by molar-refractivity contribution is 9.10. The number of amides is 2. The van der Waals surface area contributed by atoms with Crippen molar-refractivity contribution in [3.05, 3.63) is 28.7 Å². The molecule has 4 bridgehead atoms. The van der Waals surface area contributed by atoms with E-state index in [0.717, 1.165) is 30.2 Å². The van der Waals surface area contributed by atoms with Gasteiger partial charge in [-0.3, -0.25) is 9.59 Å². The highest BCUT2D eigenvalue weighted by Gasteiger charge is 2.57. The summed E-state index contributed by atoms with van der Waals surface area (Å²) in [6, 6.07) is 6.71. The number of benzene rings is 1. The fourth-order valence-corrected chi connectivity index (χ4v) is 7.30. The van der Waals surface area contributed by atoms with E-state index in [1.165, 1.54) is 19.3 Å². The van der Waals surface area contributed by atoms with Crippen LogP contribution in [-0.2, 0) is 19.1 Å². The van der Waals surface area contributed by atoms with Crippen molar-refractivity contribution in [2.24, 2.45) is 23.2 Å². The first kappa shape index (κ1) is 21.0. The first-order chi connectivity index (χ1) is 14.9. The molecular formula is C24H29BrN2O4. The number of nitrogens with zero attached hydrogens (tertiary/aromatic N) is 1. The lowest BCUT2D eigenvalue weighted by Crippen LogP contribution is -2.56. The van der Waals surface area contributed by atoms with Gasteiger partial charge in [0.05, 0.1) is 11.1 Å². The summed E-state index contributed by atoms with van der Waals surface area (Å²) in [6.07, 6.45) is 8.24. The molecule has 1 aromatic carbocycles. The molecule has 0 aromatic heterocycles. The van der Waals surface area contributed by atoms with Crippen molar-refractivity contribution in [2.45, 2.75) is 57.4 Å². The number of ether oxygens (including phenoxy) is 1. The average Bonchev–Trinajstić information content (AvgIpc) is 3.22. The third-order valence-corrected chi connectivity index (χ3v) is 8.46. The molecule has 1 heterocycles. The van der Waals surface area contributed by atoms with Crippen LogP contribution < -0.4 is 5.32 Å². The molecule has 1 aliphatic heterocycles. The normalized spacial score (nSPS) is 33.4. The van der Waals surface area contributed by atoms with Crippen LogP contribution in [0.25, 0.3) is 0 Å². The van der Waals surface area contributed by atoms with Gasteiger partial charge in [0.2, 0.25) is 5.91 Å². The summed E-state index contributed by atoms with van der Waals surface area (Å²) < 4.78 is 6.10. The van der Waals surface area contributed by atoms with Gasteiger partial charge in [0.1, 0.15) is 6.04 Å². The Morgan fingerprint density at radius 2 is 1.71 bits per heavy atom. The quantitative estimate of drug-likeness (QED) is 0.631. The largest absolute Gasteiger partial charge is 0.454 e. The Morgan fingerprint density at radius 3 is 2.35 bits per heavy atom. The van der Waals surface area contributed by atoms with Crippen LogP contribution in [0.3, 0.4) is 0 Å². The molecule has 0 spiro atoms. The summed E-state index contributed by atoms with van der Waals surface area (Å²) in [5, 5.41) is 2.74. The summed E-state index contributed by atoms with van der Waals surface area (Å²) in [6.45, 7) is 0.263. The Morgan fingerprint density at radius 1 is 1.06 bits per heavy atom. The second-order valence-electron chi connectivity index (χ2n) is 9.99. The van der Waals surface area contributed by atoms with E-state index in [2.05, 4.69) is 21.2 Å². The van der Waals surface area contributed by atoms with E-state index >= 15 is 0 Å². The summed E-state index contributed by atoms with van der Waals surface area (Å²) in [7, 11) is 0. The van der Waals surface area contributed by atoms with Crippen LogP contribution in [0.5, 0.6) is 0 Å². The monoisotopic (exact) mass is 488 g/mol. The number of nitrogens with one attached hydrogen (secondary N) is 1. The average molecular weight is 489 g/mol. The molecule has 5 fully saturated rings. The van der Waals surface area contributed by atoms with Gasteiger partial charge in [-0.25, -0.2) is 4.79 Å². The SMILES string of the molecule is O=C(COC(=O)C1CCCN1C(=O)C12CC3CC(CC(C3)C1)C2)Nc1ccccc1Br. The molecule has 4 aliphatic carbocycles. The molecule has 2 amide bonds. The fourth-order valence-electron chi connectivity index (χ4n) is 6.91. The number of carbonyl (C=O) groups is 3. The lowest BCUT2D eigenvalue weighted by molar-refractivity contribution is -0.165. The Bertz CT molecular complexity index is 866. The highest BCUT2D eigenvalue weighted by atomic mass is 79.9. The number of halogens is 1. The Labute approximate surface area is 191 Å². The van der Waals surface area contributed by atoms with Crippen LogP contribution in [0.4, 0.5) is 5.69 Å². The van der Waals surface area contributed by atoms with Gasteiger partial charge in [0.15, 0.2) is 6.61 Å². The van der Waals surface area contributed by atoms with Crippen molar-refractivity contribution in [2.75, 3.05) is 18.5 Å². The zero-order valence-corrected chi connectivity index (χ0v) is 19.2. The molecule has 5 aliphatic rings. The van der Waals surface area contributed by atoms with Gasteiger partial charge in [-0.2, -0.15) is 0 Å². The van der Waals surface area contributed by atoms with Crippen LogP contribution >= 0.6 is 15.9 Å². The molecule has 7 heteroatoms. The van der Waals surface area contributed by atoms with Gasteiger partial charge < -0.3 is 15.0 Å². The number of hydrogen-bond donors (Lipinski definition) is 1. The van der Waals surface area contributed by atoms with Crippen LogP contribution in [0.1, 0.15) is 51.4 Å². The molecule has 166 valence electrons. The first-order valence-corrected chi connectivity index (χ1v) is 12.2. The number of esters is 1. The predicted molar refractivity (Wildman–Crippen MR) is 119 cm³/mol. The molecule has 1 saturated heterocycles. The second kappa shape index (κ2) is 8.23. The number of anilines is 1. The molecule has 4 saturated carbocycles. The van der Waals surface area contributed by atoms with Crippen LogP contribution in [0.2, 0.25) is 0 Å². The molecule has 6 rings (SSSR count). The van der Waals surface area contributed by atoms with Gasteiger partial charge >= 0.3 is 5.97 Å². The van der Waals surface area contributed by atoms with Gasteiger partial charge in [0.25, 0.3) is 5.91 Å². The third kappa shape index (κ3) is 4.01. The Kier molecular flexibility index (Phi) is 5.57. The topological polar surface area (TPSA) is 75.7 Å². The molecular weight excluding hydrogens is 460 g/mol. The maximum atomic E-state index is 13.7. The van der Waals surface area contributed by atoms with E-state index in [-0.39, 0.29) is 17.9 Å². The predicted octanol–water partition coefficient (Wildman–Crippen LogP) is 4.14. The summed E-state index contributed by atoms with van der Waals surface area (Å²) in [5.74, 6) is 1.37. The standard InChI is InChI=1S/C24H29BrN2O4/c25-18-4-1-2-5-19(18)26-21(28)14-31-22(29)20-6-3-7-27(20)23(30)24-11-15-8-16(12-24)10-17(9-15)13-24/h1-2,4-5,15-17,20H,3,6-14H2,(H,26,28). The highest BCUT2D eigenvalue weighted by Crippen LogP contribution is 2.60. The van der Waals surface area contributed by atoms with Gasteiger partial charge in [0, 0.05) is 11.0 Å². The Balaban J connectivity index is 1.20. The van der Waals surface area contributed by atoms with Gasteiger partial charge in [-0.05, 0) is 97.2 Å². The van der Waals surface area contributed by atoms with Crippen molar-refractivity contribution >= 4 is 39.4 Å². The van der Waals surface area contributed by atoms with Crippen molar-refractivity contribution in [3.63, 3.8) is 0 Å². The minimum Gasteiger partial charge on any atom is -0.454 e. The number of likely N-dealkylation sites (tertiary alicyclic amines) is 1. The van der Waals surface area contributed by atoms with Crippen molar-refractivity contribution in [3.8, 4) is 0 Å². The molecule has 6 nitrogen and oxygen atoms in total. The third-order valence-electron chi connectivity index (χ3n) is 7.77. The van der Waals surface area contributed by atoms with Crippen molar-refractivity contribution < 1.29 is 19.1 Å². The zero-order chi connectivity index (χ0) is 21.6. The second-order valence-corrected chi connectivity index (χ2v) is 10.8. The van der Waals surface area contributed by atoms with Crippen molar-refractivity contribution in [1.82, 2.24) is 4.90 Å². The molecule has 1 aromatic rings. The minimum absolute atomic E-state index is 0.170. The van der Waals surface area contributed by atoms with Crippen molar-refractivity contribution in [1.29, 1.82) is 0 Å². The molecule has 1 N–H and O–H groups in total. The number of carbonyl (C=O) groups excluding carboxylic acids is 3. The lowest BCUT2D eigenvalue weighted by Gasteiger charge is -2.56. The first-order valence-electron chi connectivity index (χ1n) is 11.5. The molecule has 1 unspecified atom stereocenters. The molecule has 31 heavy (non-hydrogen) atoms. The van der Waals surface area contributed by atoms with E-state index in [1.54, 1.807) is 11.0 Å². The smallest absolute Gasteiger partial charge is 0.329 e. The lowest BCUT2D eigenvalue weighted by atomic mass is 9.49. The van der Waals surface area contributed by atoms with E-state index in [1.807, 2.05) is 18.2 Å². The fraction of sp³-hybridized carbons (Fsp3) is 0.625. The van der Waals surface area contributed by atoms with Crippen LogP contribution in [-0.4, -0.2) is 41.9 Å². The zero-order valence-electron chi connectivity index (χ0n) is 17.6. The van der Waals surface area contributed by atoms with E-state index in [0.29, 0.717) is 36.4 Å². The van der Waals surface area contributed by atoms with Gasteiger partial charge in [-0.15, -0.1) is 0 Å². The Hall–Kier alpha value is -1.89. The van der Waals surface area contributed by atoms with E-state index < -0.39 is 17.9 Å². The summed E-state index contributed by atoms with van der Waals surface area (Å²) in [4.78, 5) is 40.5. The summed E-state index contributed by atoms with van der Waals surface area (Å²) in [5.41, 5.74) is 0.372. The number of hydrogen-bond acceptors (Lipinski definition) is 4. The number of rotatable bonds is 5.